The minimum absolute atomic E-state index is 0. The standard InChI is InChI=1S/C41H62O4.C35H52O3.4CH4/c1-8-30(27(3)4)13-10-28(5)35-16-17-36-34-15-14-32-25-33(20-22-40(32,6)37(34)21-23-41(35,36)7)45-39(43)19-12-29-11-18-38(44-9-2)31(24-29)26-42;1-7-37-27-12-8-25(9-13-27)10-17-33(36)38-28-18-20-34(5)26(22-28)11-14-29-31-16-15-30(24(4)23(2)3)35(31,6)21-19-32(29)34;;;;/h10-13,18-19,24,27-28,30,32-37,42H,8-9,14-17,20-23,25-26H2,1-7H3;8-10,12-13,17,23-24,26,28-32H,7,11,14-16,18-22H2,1-6H3;4*1H4/b13-10+,19-12+;17-10+;;;;. The maximum absolute atomic E-state index is 12.9. The Balaban J connectivity index is 0.000000307. The van der Waals surface area contributed by atoms with Crippen molar-refractivity contribution in [2.24, 2.45) is 110 Å². The summed E-state index contributed by atoms with van der Waals surface area (Å²) in [6, 6.07) is 13.5. The smallest absolute Gasteiger partial charge is 0.331 e. The molecule has 0 radical (unpaired) electrons. The Labute approximate surface area is 534 Å². The van der Waals surface area contributed by atoms with E-state index in [0.717, 1.165) is 113 Å². The number of ether oxygens (including phenoxy) is 4. The minimum Gasteiger partial charge on any atom is -0.494 e. The number of aliphatic hydroxyl groups excluding tert-OH is 1. The van der Waals surface area contributed by atoms with Crippen LogP contribution in [0.4, 0.5) is 0 Å². The highest BCUT2D eigenvalue weighted by molar-refractivity contribution is 5.87. The average Bonchev–Trinajstić information content (AvgIpc) is 1.72. The third kappa shape index (κ3) is 15.6. The number of carbonyl (C=O) groups excluding carboxylic acids is 2. The second kappa shape index (κ2) is 31.5. The van der Waals surface area contributed by atoms with Crippen LogP contribution in [0.5, 0.6) is 11.5 Å². The van der Waals surface area contributed by atoms with Gasteiger partial charge in [0.15, 0.2) is 0 Å². The molecule has 8 aliphatic carbocycles. The lowest BCUT2D eigenvalue weighted by Gasteiger charge is -2.61. The molecule has 19 unspecified atom stereocenters. The van der Waals surface area contributed by atoms with Gasteiger partial charge in [0.25, 0.3) is 0 Å². The fraction of sp³-hybridized carbons (Fsp3) is 0.750. The first kappa shape index (κ1) is 73.9. The largest absolute Gasteiger partial charge is 0.494 e. The fourth-order valence-corrected chi connectivity index (χ4v) is 20.9. The molecule has 0 aliphatic heterocycles. The molecule has 2 aromatic rings. The summed E-state index contributed by atoms with van der Waals surface area (Å²) in [4.78, 5) is 25.6. The van der Waals surface area contributed by atoms with Crippen LogP contribution in [0.2, 0.25) is 0 Å². The van der Waals surface area contributed by atoms with E-state index >= 15 is 0 Å². The zero-order chi connectivity index (χ0) is 59.4. The maximum Gasteiger partial charge on any atom is 0.331 e. The number of allylic oxidation sites excluding steroid dienone is 2. The van der Waals surface area contributed by atoms with Crippen LogP contribution in [0, 0.1) is 110 Å². The van der Waals surface area contributed by atoms with Gasteiger partial charge in [0.1, 0.15) is 23.7 Å². The summed E-state index contributed by atoms with van der Waals surface area (Å²) >= 11 is 0. The molecule has 7 nitrogen and oxygen atoms in total. The third-order valence-corrected chi connectivity index (χ3v) is 25.8. The molecule has 0 heterocycles. The van der Waals surface area contributed by atoms with E-state index in [-0.39, 0.29) is 60.5 Å². The van der Waals surface area contributed by atoms with Gasteiger partial charge in [-0.1, -0.05) is 136 Å². The van der Waals surface area contributed by atoms with E-state index in [0.29, 0.717) is 64.3 Å². The van der Waals surface area contributed by atoms with E-state index in [2.05, 4.69) is 88.3 Å². The first-order valence-corrected chi connectivity index (χ1v) is 34.2. The lowest BCUT2D eigenvalue weighted by atomic mass is 9.44. The average molecular weight is 1200 g/mol. The van der Waals surface area contributed by atoms with E-state index in [9.17, 15) is 14.7 Å². The van der Waals surface area contributed by atoms with Crippen LogP contribution in [-0.2, 0) is 25.7 Å². The van der Waals surface area contributed by atoms with Crippen molar-refractivity contribution < 1.29 is 33.6 Å². The Morgan fingerprint density at radius 3 is 1.49 bits per heavy atom. The van der Waals surface area contributed by atoms with Crippen molar-refractivity contribution >= 4 is 24.1 Å². The number of fused-ring (bicyclic) bond motifs is 10. The minimum atomic E-state index is -0.260. The highest BCUT2D eigenvalue weighted by atomic mass is 16.5. The summed E-state index contributed by atoms with van der Waals surface area (Å²) in [7, 11) is 0. The summed E-state index contributed by atoms with van der Waals surface area (Å²) in [6.07, 6.45) is 36.4. The first-order valence-electron chi connectivity index (χ1n) is 34.2. The Kier molecular flexibility index (Phi) is 26.7. The molecule has 19 atom stereocenters. The predicted octanol–water partition coefficient (Wildman–Crippen LogP) is 21.5. The van der Waals surface area contributed by atoms with E-state index in [1.165, 1.54) is 96.3 Å². The Morgan fingerprint density at radius 1 is 0.540 bits per heavy atom. The van der Waals surface area contributed by atoms with Crippen LogP contribution in [0.3, 0.4) is 0 Å². The summed E-state index contributed by atoms with van der Waals surface area (Å²) in [6.45, 7) is 32.5. The van der Waals surface area contributed by atoms with Crippen LogP contribution < -0.4 is 9.47 Å². The van der Waals surface area contributed by atoms with E-state index in [4.69, 9.17) is 18.9 Å². The van der Waals surface area contributed by atoms with E-state index < -0.39 is 0 Å². The van der Waals surface area contributed by atoms with Crippen LogP contribution in [0.1, 0.15) is 258 Å². The van der Waals surface area contributed by atoms with Crippen molar-refractivity contribution in [3.63, 3.8) is 0 Å². The Morgan fingerprint density at radius 2 is 1.01 bits per heavy atom. The van der Waals surface area contributed by atoms with Crippen molar-refractivity contribution in [2.45, 2.75) is 261 Å². The molecule has 8 saturated carbocycles. The molecule has 0 aromatic heterocycles. The van der Waals surface area contributed by atoms with Crippen molar-refractivity contribution in [1.82, 2.24) is 0 Å². The molecule has 0 bridgehead atoms. The highest BCUT2D eigenvalue weighted by Gasteiger charge is 2.63. The number of benzene rings is 2. The van der Waals surface area contributed by atoms with Crippen LogP contribution in [0.25, 0.3) is 12.2 Å². The highest BCUT2D eigenvalue weighted by Crippen LogP contribution is 2.70. The molecule has 8 fully saturated rings. The van der Waals surface area contributed by atoms with Gasteiger partial charge in [-0.3, -0.25) is 0 Å². The van der Waals surface area contributed by atoms with Gasteiger partial charge in [-0.2, -0.15) is 0 Å². The molecule has 0 saturated heterocycles. The quantitative estimate of drug-likeness (QED) is 0.0903. The molecule has 10 rings (SSSR count). The number of carbonyl (C=O) groups is 2. The summed E-state index contributed by atoms with van der Waals surface area (Å²) < 4.78 is 23.1. The van der Waals surface area contributed by atoms with Gasteiger partial charge in [-0.25, -0.2) is 9.59 Å². The molecule has 0 spiro atoms. The molecule has 8 aliphatic rings. The second-order valence-electron chi connectivity index (χ2n) is 30.2. The number of rotatable bonds is 18. The van der Waals surface area contributed by atoms with Gasteiger partial charge in [-0.05, 0) is 294 Å². The Bertz CT molecular complexity index is 2560. The van der Waals surface area contributed by atoms with Gasteiger partial charge in [0, 0.05) is 17.7 Å². The van der Waals surface area contributed by atoms with Crippen molar-refractivity contribution in [2.75, 3.05) is 13.2 Å². The van der Waals surface area contributed by atoms with Crippen molar-refractivity contribution in [1.29, 1.82) is 0 Å². The van der Waals surface area contributed by atoms with Gasteiger partial charge < -0.3 is 24.1 Å². The lowest BCUT2D eigenvalue weighted by molar-refractivity contribution is -0.158. The van der Waals surface area contributed by atoms with Gasteiger partial charge in [0.2, 0.25) is 0 Å². The molecule has 1 N–H and O–H groups in total. The lowest BCUT2D eigenvalue weighted by Crippen LogP contribution is -2.54. The predicted molar refractivity (Wildman–Crippen MR) is 367 cm³/mol. The van der Waals surface area contributed by atoms with Crippen LogP contribution >= 0.6 is 0 Å². The molecule has 2 aromatic carbocycles. The van der Waals surface area contributed by atoms with Gasteiger partial charge in [0.05, 0.1) is 19.8 Å². The Hall–Kier alpha value is -3.84. The van der Waals surface area contributed by atoms with E-state index in [1.807, 2.05) is 62.4 Å². The fourth-order valence-electron chi connectivity index (χ4n) is 20.9. The third-order valence-electron chi connectivity index (χ3n) is 25.8. The van der Waals surface area contributed by atoms with Crippen molar-refractivity contribution in [3.8, 4) is 11.5 Å². The zero-order valence-electron chi connectivity index (χ0n) is 54.3. The molecule has 87 heavy (non-hydrogen) atoms. The first-order chi connectivity index (χ1) is 39.7. The molecular formula is C80H130O7. The summed E-state index contributed by atoms with van der Waals surface area (Å²) in [5.41, 5.74) is 4.40. The second-order valence-corrected chi connectivity index (χ2v) is 30.2. The zero-order valence-corrected chi connectivity index (χ0v) is 54.3. The normalized spacial score (nSPS) is 35.8. The summed E-state index contributed by atoms with van der Waals surface area (Å²) in [5, 5.41) is 9.70. The maximum atomic E-state index is 12.9. The summed E-state index contributed by atoms with van der Waals surface area (Å²) in [5.74, 6) is 13.1. The topological polar surface area (TPSA) is 91.3 Å². The van der Waals surface area contributed by atoms with Gasteiger partial charge >= 0.3 is 11.9 Å². The number of hydrogen-bond donors (Lipinski definition) is 1. The SMILES string of the molecule is C.C.C.C.CCOc1ccc(/C=C/C(=O)OC2CCC3(C)C(CCC4C3CCC3(C)C(C(C)/C=C/C(CC)C(C)C)CCC43)C2)cc1CO.CCOc1ccc(/C=C/C(=O)OC2CCC3(C)C(CCC4C3CCC3(C)C(C(C)C(C)C)CCC43)C2)cc1. The van der Waals surface area contributed by atoms with Crippen LogP contribution in [0.15, 0.2) is 66.8 Å². The number of hydrogen-bond acceptors (Lipinski definition) is 7. The van der Waals surface area contributed by atoms with Gasteiger partial charge in [-0.15, -0.1) is 0 Å². The van der Waals surface area contributed by atoms with Crippen LogP contribution in [-0.4, -0.2) is 42.5 Å². The van der Waals surface area contributed by atoms with E-state index in [1.54, 1.807) is 18.2 Å². The molecule has 7 heteroatoms. The molecular weight excluding hydrogens is 1070 g/mol. The number of aliphatic hydroxyl groups is 1. The van der Waals surface area contributed by atoms with Crippen molar-refractivity contribution in [3.05, 3.63) is 83.5 Å². The number of esters is 2. The monoisotopic (exact) mass is 1200 g/mol. The molecule has 492 valence electrons. The molecule has 0 amide bonds.